The predicted octanol–water partition coefficient (Wildman–Crippen LogP) is 5.65. The molecule has 2 fully saturated rings. The van der Waals surface area contributed by atoms with Crippen molar-refractivity contribution < 1.29 is 60.4 Å². The Hall–Kier alpha value is -5.99. The Bertz CT molecular complexity index is 2610. The Morgan fingerprint density at radius 1 is 0.787 bits per heavy atom. The van der Waals surface area contributed by atoms with E-state index >= 15 is 0 Å². The van der Waals surface area contributed by atoms with E-state index in [0.717, 1.165) is 16.7 Å². The number of benzene rings is 3. The number of aromatic nitrogens is 3. The van der Waals surface area contributed by atoms with Crippen LogP contribution in [0.3, 0.4) is 0 Å². The lowest BCUT2D eigenvalue weighted by Gasteiger charge is -2.41. The average molecular weight is 1060 g/mol. The summed E-state index contributed by atoms with van der Waals surface area (Å²) in [6.07, 6.45) is 4.87. The number of ether oxygens (including phenoxy) is 3. The van der Waals surface area contributed by atoms with Gasteiger partial charge in [0, 0.05) is 49.9 Å². The number of morpholine rings is 1. The Kier molecular flexibility index (Phi) is 22.5. The molecule has 2 aliphatic rings. The Labute approximate surface area is 442 Å². The standard InChI is InChI=1S/C55H72N6O9.CH4O3S/c1-38(2)29-48(50(63)33-44(31-41-15-11-8-12-16-41)54(67)57-49(30-39(3)4)52(65)55(5)37-69-55)56-53(66)43(20-17-40-13-9-7-10-14-40)32-46(62)36-61(25-27-68-28-26-61)35-42-18-22-47(23-19-42)70-51(64)24-21-45-34-60(6)59-58-45;1-5(2,3)4/h7-16,18-19,22-23,34,38-39,43-44,48-49H,17,20-21,24-33,35-37H2,1-6H3,(H-,56,57,66,67);1H3,(H,2,3,4)/p+1/t43-,44-,48+,49+,55-;/m1./s1. The second-order valence-corrected chi connectivity index (χ2v) is 22.7. The summed E-state index contributed by atoms with van der Waals surface area (Å²) in [4.78, 5) is 83.9. The third-order valence-electron chi connectivity index (χ3n) is 13.3. The van der Waals surface area contributed by atoms with E-state index in [1.807, 2.05) is 100 Å². The lowest BCUT2D eigenvalue weighted by molar-refractivity contribution is -0.940. The van der Waals surface area contributed by atoms with E-state index < -0.39 is 45.5 Å². The third kappa shape index (κ3) is 21.3. The van der Waals surface area contributed by atoms with Crippen LogP contribution in [0, 0.1) is 23.7 Å². The molecule has 0 radical (unpaired) electrons. The molecule has 18 nitrogen and oxygen atoms in total. The highest BCUT2D eigenvalue weighted by Gasteiger charge is 2.50. The molecule has 0 bridgehead atoms. The van der Waals surface area contributed by atoms with Crippen LogP contribution in [0.25, 0.3) is 0 Å². The summed E-state index contributed by atoms with van der Waals surface area (Å²) in [6, 6.07) is 25.0. The summed E-state index contributed by atoms with van der Waals surface area (Å²) in [5, 5.41) is 14.0. The van der Waals surface area contributed by atoms with E-state index in [-0.39, 0.29) is 73.3 Å². The second kappa shape index (κ2) is 28.2. The number of hydrogen-bond donors (Lipinski definition) is 3. The van der Waals surface area contributed by atoms with Gasteiger partial charge in [-0.25, -0.2) is 0 Å². The van der Waals surface area contributed by atoms with Crippen LogP contribution in [-0.2, 0) is 81.2 Å². The molecule has 0 spiro atoms. The number of hydrogen-bond acceptors (Lipinski definition) is 13. The van der Waals surface area contributed by atoms with Crippen molar-refractivity contribution >= 4 is 45.3 Å². The first kappa shape index (κ1) is 59.9. The molecule has 2 aliphatic heterocycles. The van der Waals surface area contributed by atoms with Gasteiger partial charge in [0.05, 0.1) is 50.3 Å². The highest BCUT2D eigenvalue weighted by Crippen LogP contribution is 2.30. The van der Waals surface area contributed by atoms with Gasteiger partial charge in [0.2, 0.25) is 11.8 Å². The van der Waals surface area contributed by atoms with Crippen molar-refractivity contribution in [2.24, 2.45) is 30.7 Å². The van der Waals surface area contributed by atoms with E-state index in [0.29, 0.717) is 93.7 Å². The number of nitrogens with one attached hydrogen (secondary N) is 2. The van der Waals surface area contributed by atoms with E-state index in [4.69, 9.17) is 18.8 Å². The van der Waals surface area contributed by atoms with Crippen LogP contribution in [0.2, 0.25) is 0 Å². The molecule has 3 N–H and O–H groups in total. The molecule has 75 heavy (non-hydrogen) atoms. The lowest BCUT2D eigenvalue weighted by atomic mass is 9.87. The van der Waals surface area contributed by atoms with Crippen LogP contribution in [0.5, 0.6) is 5.75 Å². The van der Waals surface area contributed by atoms with Crippen LogP contribution in [0.1, 0.15) is 95.5 Å². The minimum Gasteiger partial charge on any atom is -0.427 e. The van der Waals surface area contributed by atoms with E-state index in [9.17, 15) is 37.2 Å². The van der Waals surface area contributed by atoms with Gasteiger partial charge >= 0.3 is 5.97 Å². The van der Waals surface area contributed by atoms with Crippen molar-refractivity contribution in [3.63, 3.8) is 0 Å². The molecule has 1 aromatic heterocycles. The first-order chi connectivity index (χ1) is 35.5. The molecule has 0 saturated carbocycles. The zero-order valence-electron chi connectivity index (χ0n) is 44.6. The molecule has 2 amide bonds. The Morgan fingerprint density at radius 3 is 1.91 bits per heavy atom. The Morgan fingerprint density at radius 2 is 1.35 bits per heavy atom. The minimum absolute atomic E-state index is 0.0154. The summed E-state index contributed by atoms with van der Waals surface area (Å²) in [6.45, 7) is 12.9. The molecule has 408 valence electrons. The smallest absolute Gasteiger partial charge is 0.311 e. The van der Waals surface area contributed by atoms with Crippen LogP contribution in [0.4, 0.5) is 0 Å². The van der Waals surface area contributed by atoms with Gasteiger partial charge < -0.3 is 29.3 Å². The maximum absolute atomic E-state index is 14.6. The summed E-state index contributed by atoms with van der Waals surface area (Å²) in [5.41, 5.74) is 2.65. The number of carbonyl (C=O) groups excluding carboxylic acids is 6. The summed E-state index contributed by atoms with van der Waals surface area (Å²) < 4.78 is 44.7. The van der Waals surface area contributed by atoms with Gasteiger partial charge in [-0.15, -0.1) is 5.10 Å². The molecule has 5 atom stereocenters. The minimum atomic E-state index is -3.67. The highest BCUT2D eigenvalue weighted by atomic mass is 32.2. The number of esters is 1. The van der Waals surface area contributed by atoms with Crippen LogP contribution in [0.15, 0.2) is 91.1 Å². The van der Waals surface area contributed by atoms with Gasteiger partial charge in [0.15, 0.2) is 17.3 Å². The topological polar surface area (TPSA) is 243 Å². The number of Topliss-reactive ketones (excluding diaryl/α,β-unsaturated/α-hetero) is 3. The molecule has 2 saturated heterocycles. The van der Waals surface area contributed by atoms with Gasteiger partial charge in [0.1, 0.15) is 37.5 Å². The van der Waals surface area contributed by atoms with Crippen molar-refractivity contribution in [2.75, 3.05) is 45.7 Å². The van der Waals surface area contributed by atoms with Gasteiger partial charge in [-0.2, -0.15) is 8.42 Å². The zero-order valence-corrected chi connectivity index (χ0v) is 45.4. The van der Waals surface area contributed by atoms with Gasteiger partial charge in [-0.3, -0.25) is 38.0 Å². The monoisotopic (exact) mass is 1060 g/mol. The zero-order chi connectivity index (χ0) is 54.8. The number of nitrogens with zero attached hydrogens (tertiary/aromatic N) is 4. The quantitative estimate of drug-likeness (QED) is 0.0205. The number of carbonyl (C=O) groups is 6. The SMILES string of the molecule is CC(C)C[C@H](NC(=O)[C@H](CCc1ccccc1)CC(=O)C[N+]1(Cc2ccc(OC(=O)CCc3cn(C)nn3)cc2)CCOCC1)C(=O)C[C@@H](Cc1ccccc1)C(=O)N[C@@H](CC(C)C)C(=O)[C@@]1(C)CO1.CS(=O)(=O)O. The number of amides is 2. The molecule has 3 heterocycles. The van der Waals surface area contributed by atoms with Gasteiger partial charge in [0.25, 0.3) is 10.1 Å². The number of ketones is 3. The van der Waals surface area contributed by atoms with Crippen molar-refractivity contribution in [1.29, 1.82) is 0 Å². The maximum Gasteiger partial charge on any atom is 0.311 e. The normalized spacial score (nSPS) is 17.6. The van der Waals surface area contributed by atoms with Crippen LogP contribution in [-0.4, -0.2) is 131 Å². The second-order valence-electron chi connectivity index (χ2n) is 21.2. The van der Waals surface area contributed by atoms with Gasteiger partial charge in [-0.05, 0) is 86.3 Å². The summed E-state index contributed by atoms with van der Waals surface area (Å²) in [5.74, 6) is -2.64. The molecule has 0 aliphatic carbocycles. The molecule has 19 heteroatoms. The molecule has 6 rings (SSSR count). The van der Waals surface area contributed by atoms with E-state index in [1.165, 1.54) is 0 Å². The molecular weight excluding hydrogens is 981 g/mol. The van der Waals surface area contributed by atoms with Crippen LogP contribution >= 0.6 is 0 Å². The highest BCUT2D eigenvalue weighted by molar-refractivity contribution is 7.85. The fourth-order valence-corrected chi connectivity index (χ4v) is 9.28. The maximum atomic E-state index is 14.6. The number of rotatable bonds is 28. The molecular formula is C56H77N6O12S+. The van der Waals surface area contributed by atoms with Crippen LogP contribution < -0.4 is 15.4 Å². The fourth-order valence-electron chi connectivity index (χ4n) is 9.28. The number of quaternary nitrogens is 1. The average Bonchev–Trinajstić information content (AvgIpc) is 3.97. The van der Waals surface area contributed by atoms with E-state index in [1.54, 1.807) is 37.0 Å². The van der Waals surface area contributed by atoms with Crippen molar-refractivity contribution in [3.8, 4) is 5.75 Å². The number of aryl methyl sites for hydroxylation is 3. The van der Waals surface area contributed by atoms with E-state index in [2.05, 4.69) is 20.9 Å². The molecule has 4 aromatic rings. The van der Waals surface area contributed by atoms with Crippen molar-refractivity contribution in [1.82, 2.24) is 25.6 Å². The predicted molar refractivity (Wildman–Crippen MR) is 282 cm³/mol. The summed E-state index contributed by atoms with van der Waals surface area (Å²) >= 11 is 0. The Balaban J connectivity index is 0.00000198. The molecule has 3 aromatic carbocycles. The summed E-state index contributed by atoms with van der Waals surface area (Å²) in [7, 11) is -1.90. The van der Waals surface area contributed by atoms with Crippen molar-refractivity contribution in [2.45, 2.75) is 117 Å². The number of epoxide rings is 1. The molecule has 0 unspecified atom stereocenters. The third-order valence-corrected chi connectivity index (χ3v) is 13.3. The first-order valence-electron chi connectivity index (χ1n) is 25.9. The first-order valence-corrected chi connectivity index (χ1v) is 27.7. The van der Waals surface area contributed by atoms with Crippen molar-refractivity contribution in [3.05, 3.63) is 114 Å². The largest absolute Gasteiger partial charge is 0.427 e. The lowest BCUT2D eigenvalue weighted by Crippen LogP contribution is -2.57. The fraction of sp³-hybridized carbons (Fsp3) is 0.536. The van der Waals surface area contributed by atoms with Gasteiger partial charge in [-0.1, -0.05) is 93.6 Å².